The molecule has 1 N–H and O–H groups in total. The Bertz CT molecular complexity index is 648. The van der Waals surface area contributed by atoms with Gasteiger partial charge in [-0.25, -0.2) is 4.98 Å². The predicted molar refractivity (Wildman–Crippen MR) is 89.9 cm³/mol. The second-order valence-corrected chi connectivity index (χ2v) is 8.67. The molecule has 1 aromatic heterocycles. The van der Waals surface area contributed by atoms with E-state index in [-0.39, 0.29) is 11.5 Å². The summed E-state index contributed by atoms with van der Waals surface area (Å²) in [5.41, 5.74) is 2.58. The first-order valence-electron chi connectivity index (χ1n) is 7.29. The quantitative estimate of drug-likeness (QED) is 0.829. The highest BCUT2D eigenvalue weighted by Gasteiger charge is 2.33. The van der Waals surface area contributed by atoms with Crippen LogP contribution in [0, 0.1) is 12.3 Å². The van der Waals surface area contributed by atoms with Gasteiger partial charge in [-0.2, -0.15) is 0 Å². The molecule has 0 bridgehead atoms. The van der Waals surface area contributed by atoms with Gasteiger partial charge in [-0.3, -0.25) is 0 Å². The van der Waals surface area contributed by atoms with E-state index in [0.717, 1.165) is 34.2 Å². The van der Waals surface area contributed by atoms with Gasteiger partial charge in [0.25, 0.3) is 0 Å². The number of aliphatic hydroxyl groups is 1. The first kappa shape index (κ1) is 15.1. The van der Waals surface area contributed by atoms with E-state index in [4.69, 9.17) is 4.98 Å². The summed E-state index contributed by atoms with van der Waals surface area (Å²) >= 11 is 3.52. The predicted octanol–water partition coefficient (Wildman–Crippen LogP) is 4.75. The lowest BCUT2D eigenvalue weighted by molar-refractivity contribution is 0.102. The molecule has 1 aromatic carbocycles. The zero-order valence-electron chi connectivity index (χ0n) is 12.7. The number of aliphatic hydroxyl groups excluding tert-OH is 1. The van der Waals surface area contributed by atoms with Gasteiger partial charge in [-0.1, -0.05) is 32.0 Å². The molecule has 0 amide bonds. The average Bonchev–Trinajstić information content (AvgIpc) is 2.79. The third kappa shape index (κ3) is 3.33. The molecule has 1 unspecified atom stereocenters. The van der Waals surface area contributed by atoms with Crippen LogP contribution in [-0.2, 0) is 12.2 Å². The first-order valence-corrected chi connectivity index (χ1v) is 9.10. The van der Waals surface area contributed by atoms with Crippen molar-refractivity contribution in [3.8, 4) is 0 Å². The molecule has 2 nitrogen and oxygen atoms in total. The Kier molecular flexibility index (Phi) is 4.12. The van der Waals surface area contributed by atoms with E-state index in [1.54, 1.807) is 11.3 Å². The number of hydrogen-bond acceptors (Lipinski definition) is 4. The summed E-state index contributed by atoms with van der Waals surface area (Å²) in [4.78, 5) is 7.18. The SMILES string of the molecule is Cc1ccccc1SCc1nc2c(s1)C(O)CC(C)(C)C2. The zero-order chi connectivity index (χ0) is 15.0. The standard InChI is InChI=1S/C17H21NOS2/c1-11-6-4-5-7-14(11)20-10-15-18-12-8-17(2,3)9-13(19)16(12)21-15/h4-7,13,19H,8-10H2,1-3H3. The molecule has 0 saturated heterocycles. The maximum atomic E-state index is 10.3. The van der Waals surface area contributed by atoms with Crippen LogP contribution < -0.4 is 0 Å². The average molecular weight is 319 g/mol. The molecule has 0 saturated carbocycles. The van der Waals surface area contributed by atoms with Gasteiger partial charge in [0.2, 0.25) is 0 Å². The number of hydrogen-bond donors (Lipinski definition) is 1. The van der Waals surface area contributed by atoms with Crippen LogP contribution in [0.25, 0.3) is 0 Å². The topological polar surface area (TPSA) is 33.1 Å². The molecule has 0 radical (unpaired) electrons. The molecule has 1 aliphatic rings. The maximum absolute atomic E-state index is 10.3. The van der Waals surface area contributed by atoms with Gasteiger partial charge in [0.15, 0.2) is 0 Å². The van der Waals surface area contributed by atoms with E-state index in [1.807, 2.05) is 11.8 Å². The molecule has 112 valence electrons. The van der Waals surface area contributed by atoms with Crippen molar-refractivity contribution in [1.29, 1.82) is 0 Å². The van der Waals surface area contributed by atoms with Crippen molar-refractivity contribution in [3.63, 3.8) is 0 Å². The third-order valence-electron chi connectivity index (χ3n) is 3.91. The van der Waals surface area contributed by atoms with Crippen molar-refractivity contribution < 1.29 is 5.11 Å². The van der Waals surface area contributed by atoms with E-state index in [1.165, 1.54) is 10.5 Å². The maximum Gasteiger partial charge on any atom is 0.103 e. The Hall–Kier alpha value is -0.840. The van der Waals surface area contributed by atoms with Gasteiger partial charge in [-0.15, -0.1) is 23.1 Å². The number of aryl methyl sites for hydroxylation is 1. The summed E-state index contributed by atoms with van der Waals surface area (Å²) in [7, 11) is 0. The van der Waals surface area contributed by atoms with Crippen LogP contribution in [0.2, 0.25) is 0 Å². The van der Waals surface area contributed by atoms with Crippen LogP contribution in [-0.4, -0.2) is 10.1 Å². The number of aromatic nitrogens is 1. The van der Waals surface area contributed by atoms with Gasteiger partial charge in [0.1, 0.15) is 5.01 Å². The fourth-order valence-corrected chi connectivity index (χ4v) is 4.95. The Morgan fingerprint density at radius 2 is 2.14 bits per heavy atom. The number of thiazole rings is 1. The normalized spacial score (nSPS) is 20.3. The van der Waals surface area contributed by atoms with Gasteiger partial charge in [-0.05, 0) is 36.8 Å². The highest BCUT2D eigenvalue weighted by Crippen LogP contribution is 2.43. The van der Waals surface area contributed by atoms with Crippen molar-refractivity contribution in [3.05, 3.63) is 45.4 Å². The molecular formula is C17H21NOS2. The number of thioether (sulfide) groups is 1. The molecular weight excluding hydrogens is 298 g/mol. The summed E-state index contributed by atoms with van der Waals surface area (Å²) in [5, 5.41) is 11.4. The minimum absolute atomic E-state index is 0.154. The number of nitrogens with zero attached hydrogens (tertiary/aromatic N) is 1. The molecule has 0 spiro atoms. The van der Waals surface area contributed by atoms with Crippen LogP contribution in [0.1, 0.15) is 47.5 Å². The molecule has 4 heteroatoms. The van der Waals surface area contributed by atoms with Crippen molar-refractivity contribution in [2.45, 2.75) is 50.4 Å². The largest absolute Gasteiger partial charge is 0.387 e. The molecule has 1 aliphatic carbocycles. The molecule has 0 aliphatic heterocycles. The lowest BCUT2D eigenvalue weighted by Crippen LogP contribution is -2.24. The molecule has 0 fully saturated rings. The van der Waals surface area contributed by atoms with Crippen molar-refractivity contribution >= 4 is 23.1 Å². The van der Waals surface area contributed by atoms with E-state index >= 15 is 0 Å². The summed E-state index contributed by atoms with van der Waals surface area (Å²) < 4.78 is 0. The number of fused-ring (bicyclic) bond motifs is 1. The summed E-state index contributed by atoms with van der Waals surface area (Å²) in [5.74, 6) is 0.885. The summed E-state index contributed by atoms with van der Waals surface area (Å²) in [6, 6.07) is 8.45. The third-order valence-corrected chi connectivity index (χ3v) is 6.48. The van der Waals surface area contributed by atoms with Crippen LogP contribution in [0.3, 0.4) is 0 Å². The van der Waals surface area contributed by atoms with Crippen LogP contribution in [0.4, 0.5) is 0 Å². The van der Waals surface area contributed by atoms with Gasteiger partial charge in [0, 0.05) is 4.90 Å². The Morgan fingerprint density at radius 3 is 2.90 bits per heavy atom. The first-order chi connectivity index (χ1) is 9.94. The molecule has 2 aromatic rings. The summed E-state index contributed by atoms with van der Waals surface area (Å²) in [6.45, 7) is 6.56. The highest BCUT2D eigenvalue weighted by molar-refractivity contribution is 7.98. The van der Waals surface area contributed by atoms with Crippen molar-refractivity contribution in [2.24, 2.45) is 5.41 Å². The number of benzene rings is 1. The minimum atomic E-state index is -0.335. The van der Waals surface area contributed by atoms with Crippen LogP contribution in [0.15, 0.2) is 29.2 Å². The lowest BCUT2D eigenvalue weighted by Gasteiger charge is -2.31. The monoisotopic (exact) mass is 319 g/mol. The Morgan fingerprint density at radius 1 is 1.38 bits per heavy atom. The zero-order valence-corrected chi connectivity index (χ0v) is 14.4. The Balaban J connectivity index is 1.75. The molecule has 1 atom stereocenters. The van der Waals surface area contributed by atoms with Crippen molar-refractivity contribution in [2.75, 3.05) is 0 Å². The second kappa shape index (κ2) is 5.75. The van der Waals surface area contributed by atoms with Gasteiger partial charge < -0.3 is 5.11 Å². The van der Waals surface area contributed by atoms with Gasteiger partial charge >= 0.3 is 0 Å². The molecule has 1 heterocycles. The highest BCUT2D eigenvalue weighted by atomic mass is 32.2. The van der Waals surface area contributed by atoms with Crippen LogP contribution in [0.5, 0.6) is 0 Å². The minimum Gasteiger partial charge on any atom is -0.387 e. The van der Waals surface area contributed by atoms with Gasteiger partial charge in [0.05, 0.1) is 22.4 Å². The second-order valence-electron chi connectivity index (χ2n) is 6.53. The summed E-state index contributed by atoms with van der Waals surface area (Å²) in [6.07, 6.45) is 1.48. The smallest absolute Gasteiger partial charge is 0.103 e. The fourth-order valence-electron chi connectivity index (χ4n) is 2.86. The van der Waals surface area contributed by atoms with E-state index in [0.29, 0.717) is 0 Å². The number of rotatable bonds is 3. The fraction of sp³-hybridized carbons (Fsp3) is 0.471. The van der Waals surface area contributed by atoms with E-state index in [9.17, 15) is 5.11 Å². The van der Waals surface area contributed by atoms with Crippen molar-refractivity contribution in [1.82, 2.24) is 4.98 Å². The lowest BCUT2D eigenvalue weighted by atomic mass is 9.77. The van der Waals surface area contributed by atoms with E-state index < -0.39 is 0 Å². The molecule has 21 heavy (non-hydrogen) atoms. The van der Waals surface area contributed by atoms with E-state index in [2.05, 4.69) is 45.0 Å². The Labute approximate surface area is 134 Å². The molecule has 3 rings (SSSR count). The van der Waals surface area contributed by atoms with Crippen LogP contribution >= 0.6 is 23.1 Å².